The molecule has 0 aromatic heterocycles. The van der Waals surface area contributed by atoms with Crippen LogP contribution in [0.5, 0.6) is 0 Å². The molecule has 0 atom stereocenters. The summed E-state index contributed by atoms with van der Waals surface area (Å²) >= 11 is 0. The number of nitriles is 1. The van der Waals surface area contributed by atoms with Crippen molar-refractivity contribution < 1.29 is 0 Å². The molecule has 2 aromatic carbocycles. The van der Waals surface area contributed by atoms with E-state index in [4.69, 9.17) is 11.0 Å². The molecule has 25 heavy (non-hydrogen) atoms. The molecule has 4 N–H and O–H groups in total. The van der Waals surface area contributed by atoms with E-state index in [0.29, 0.717) is 11.4 Å². The van der Waals surface area contributed by atoms with Crippen LogP contribution in [0.3, 0.4) is 0 Å². The Kier molecular flexibility index (Phi) is 6.70. The SMILES string of the molecule is CNc1ccc(/C=N/NCC(N)=N/N=C/c2ccc(C#N)cc2)cc1. The van der Waals surface area contributed by atoms with Gasteiger partial charge in [-0.05, 0) is 35.4 Å². The van der Waals surface area contributed by atoms with Gasteiger partial charge < -0.3 is 16.5 Å². The lowest BCUT2D eigenvalue weighted by Gasteiger charge is -2.00. The molecule has 0 unspecified atom stereocenters. The number of hydrogen-bond acceptors (Lipinski definition) is 6. The van der Waals surface area contributed by atoms with Crippen LogP contribution < -0.4 is 16.5 Å². The van der Waals surface area contributed by atoms with Crippen molar-refractivity contribution in [1.29, 1.82) is 5.26 Å². The van der Waals surface area contributed by atoms with Gasteiger partial charge in [0.2, 0.25) is 0 Å². The highest BCUT2D eigenvalue weighted by molar-refractivity contribution is 5.85. The minimum atomic E-state index is 0.288. The Morgan fingerprint density at radius 2 is 1.72 bits per heavy atom. The van der Waals surface area contributed by atoms with Gasteiger partial charge in [-0.1, -0.05) is 24.3 Å². The summed E-state index contributed by atoms with van der Waals surface area (Å²) in [4.78, 5) is 0. The van der Waals surface area contributed by atoms with Crippen LogP contribution in [0.2, 0.25) is 0 Å². The molecule has 126 valence electrons. The third-order valence-electron chi connectivity index (χ3n) is 3.20. The highest BCUT2D eigenvalue weighted by atomic mass is 15.3. The lowest BCUT2D eigenvalue weighted by atomic mass is 10.2. The predicted octanol–water partition coefficient (Wildman–Crippen LogP) is 1.91. The molecule has 7 nitrogen and oxygen atoms in total. The standard InChI is InChI=1S/C18H19N7/c1-21-17-8-6-16(7-9-17)11-22-23-13-18(20)25-24-12-15-4-2-14(10-19)3-5-15/h2-9,11-12,21,23H,13H2,1H3,(H2,20,25)/b22-11+,24-12+. The molecule has 0 spiro atoms. The summed E-state index contributed by atoms with van der Waals surface area (Å²) in [7, 11) is 1.87. The van der Waals surface area contributed by atoms with Crippen molar-refractivity contribution in [1.82, 2.24) is 5.43 Å². The second-order valence-electron chi connectivity index (χ2n) is 5.03. The van der Waals surface area contributed by atoms with Crippen molar-refractivity contribution in [2.24, 2.45) is 21.0 Å². The van der Waals surface area contributed by atoms with Crippen molar-refractivity contribution in [3.63, 3.8) is 0 Å². The fraction of sp³-hybridized carbons (Fsp3) is 0.111. The lowest BCUT2D eigenvalue weighted by Crippen LogP contribution is -2.25. The number of nitrogens with two attached hydrogens (primary N) is 1. The van der Waals surface area contributed by atoms with E-state index >= 15 is 0 Å². The lowest BCUT2D eigenvalue weighted by molar-refractivity contribution is 0.844. The maximum Gasteiger partial charge on any atom is 0.143 e. The molecule has 0 saturated carbocycles. The van der Waals surface area contributed by atoms with Gasteiger partial charge in [-0.2, -0.15) is 15.5 Å². The Morgan fingerprint density at radius 1 is 1.08 bits per heavy atom. The van der Waals surface area contributed by atoms with Crippen LogP contribution in [-0.4, -0.2) is 31.9 Å². The van der Waals surface area contributed by atoms with E-state index in [9.17, 15) is 0 Å². The van der Waals surface area contributed by atoms with E-state index in [2.05, 4.69) is 32.1 Å². The first kappa shape index (κ1) is 17.7. The maximum atomic E-state index is 8.73. The Balaban J connectivity index is 1.79. The van der Waals surface area contributed by atoms with Crippen molar-refractivity contribution in [2.75, 3.05) is 18.9 Å². The van der Waals surface area contributed by atoms with E-state index < -0.39 is 0 Å². The van der Waals surface area contributed by atoms with Crippen LogP contribution in [-0.2, 0) is 0 Å². The smallest absolute Gasteiger partial charge is 0.143 e. The first-order valence-corrected chi connectivity index (χ1v) is 7.60. The molecule has 7 heteroatoms. The summed E-state index contributed by atoms with van der Waals surface area (Å²) < 4.78 is 0. The minimum Gasteiger partial charge on any atom is -0.388 e. The predicted molar refractivity (Wildman–Crippen MR) is 102 cm³/mol. The zero-order chi connectivity index (χ0) is 17.9. The number of benzene rings is 2. The summed E-state index contributed by atoms with van der Waals surface area (Å²) in [6, 6.07) is 16.9. The number of anilines is 1. The number of nitrogens with one attached hydrogen (secondary N) is 2. The van der Waals surface area contributed by atoms with Crippen molar-refractivity contribution in [2.45, 2.75) is 0 Å². The second-order valence-corrected chi connectivity index (χ2v) is 5.03. The number of nitrogens with zero attached hydrogens (tertiary/aromatic N) is 4. The normalized spacial score (nSPS) is 11.6. The summed E-state index contributed by atoms with van der Waals surface area (Å²) in [5.41, 5.74) is 12.0. The highest BCUT2D eigenvalue weighted by Crippen LogP contribution is 2.06. The van der Waals surface area contributed by atoms with Gasteiger partial charge in [-0.25, -0.2) is 0 Å². The monoisotopic (exact) mass is 333 g/mol. The zero-order valence-electron chi connectivity index (χ0n) is 13.8. The number of amidine groups is 1. The summed E-state index contributed by atoms with van der Waals surface area (Å²) in [5.74, 6) is 0.313. The molecule has 2 rings (SSSR count). The van der Waals surface area contributed by atoms with Crippen LogP contribution in [0.4, 0.5) is 5.69 Å². The molecule has 0 aliphatic heterocycles. The van der Waals surface area contributed by atoms with Gasteiger partial charge in [-0.15, -0.1) is 5.10 Å². The molecule has 0 bridgehead atoms. The second kappa shape index (κ2) is 9.47. The molecule has 0 aliphatic rings. The van der Waals surface area contributed by atoms with E-state index in [1.54, 1.807) is 36.7 Å². The Hall–Kier alpha value is -3.66. The van der Waals surface area contributed by atoms with Gasteiger partial charge in [0.05, 0.1) is 30.6 Å². The van der Waals surface area contributed by atoms with Crippen LogP contribution in [0.25, 0.3) is 0 Å². The molecule has 0 aliphatic carbocycles. The topological polar surface area (TPSA) is 111 Å². The first-order valence-electron chi connectivity index (χ1n) is 7.60. The van der Waals surface area contributed by atoms with Crippen molar-refractivity contribution in [3.8, 4) is 6.07 Å². The largest absolute Gasteiger partial charge is 0.388 e. The van der Waals surface area contributed by atoms with Crippen LogP contribution in [0.1, 0.15) is 16.7 Å². The minimum absolute atomic E-state index is 0.288. The van der Waals surface area contributed by atoms with Crippen LogP contribution >= 0.6 is 0 Å². The number of hydrazone groups is 1. The third-order valence-corrected chi connectivity index (χ3v) is 3.20. The average molecular weight is 333 g/mol. The maximum absolute atomic E-state index is 8.73. The Labute approximate surface area is 146 Å². The Morgan fingerprint density at radius 3 is 2.36 bits per heavy atom. The molecule has 0 amide bonds. The summed E-state index contributed by atoms with van der Waals surface area (Å²) in [6.07, 6.45) is 3.27. The first-order chi connectivity index (χ1) is 12.2. The van der Waals surface area contributed by atoms with E-state index in [-0.39, 0.29) is 6.54 Å². The molecular weight excluding hydrogens is 314 g/mol. The van der Waals surface area contributed by atoms with Crippen molar-refractivity contribution >= 4 is 24.0 Å². The van der Waals surface area contributed by atoms with Crippen molar-refractivity contribution in [3.05, 3.63) is 65.2 Å². The fourth-order valence-electron chi connectivity index (χ4n) is 1.83. The van der Waals surface area contributed by atoms with E-state index in [1.165, 1.54) is 0 Å². The number of rotatable bonds is 7. The van der Waals surface area contributed by atoms with Gasteiger partial charge in [0, 0.05) is 12.7 Å². The number of hydrogen-bond donors (Lipinski definition) is 3. The fourth-order valence-corrected chi connectivity index (χ4v) is 1.83. The quantitative estimate of drug-likeness (QED) is 0.408. The van der Waals surface area contributed by atoms with Gasteiger partial charge in [0.15, 0.2) is 0 Å². The molecule has 0 fully saturated rings. The van der Waals surface area contributed by atoms with E-state index in [0.717, 1.165) is 16.8 Å². The van der Waals surface area contributed by atoms with E-state index in [1.807, 2.05) is 31.3 Å². The van der Waals surface area contributed by atoms with Gasteiger partial charge in [0.25, 0.3) is 0 Å². The highest BCUT2D eigenvalue weighted by Gasteiger charge is 1.92. The van der Waals surface area contributed by atoms with Crippen LogP contribution in [0.15, 0.2) is 63.8 Å². The summed E-state index contributed by atoms with van der Waals surface area (Å²) in [6.45, 7) is 0.288. The third kappa shape index (κ3) is 6.15. The molecule has 0 saturated heterocycles. The van der Waals surface area contributed by atoms with Crippen LogP contribution in [0, 0.1) is 11.3 Å². The average Bonchev–Trinajstić information content (AvgIpc) is 2.66. The Bertz CT molecular complexity index is 797. The van der Waals surface area contributed by atoms with Gasteiger partial charge in [0.1, 0.15) is 5.84 Å². The molecular formula is C18H19N7. The molecule has 0 heterocycles. The van der Waals surface area contributed by atoms with Gasteiger partial charge >= 0.3 is 0 Å². The molecule has 2 aromatic rings. The van der Waals surface area contributed by atoms with Gasteiger partial charge in [-0.3, -0.25) is 0 Å². The molecule has 0 radical (unpaired) electrons. The summed E-state index contributed by atoms with van der Waals surface area (Å²) in [5, 5.41) is 23.7. The zero-order valence-corrected chi connectivity index (χ0v) is 13.8.